The zero-order valence-electron chi connectivity index (χ0n) is 7.95. The Morgan fingerprint density at radius 3 is 2.36 bits per heavy atom. The monoisotopic (exact) mass is 185 g/mol. The molecular weight excluding hydrogens is 174 g/mol. The first-order chi connectivity index (χ1) is 6.85. The minimum Gasteiger partial charge on any atom is -0.372 e. The molecule has 0 atom stereocenters. The molecule has 0 amide bonds. The summed E-state index contributed by atoms with van der Waals surface area (Å²) in [5.74, 6) is 0.882. The summed E-state index contributed by atoms with van der Waals surface area (Å²) in [6.45, 7) is 13.9. The lowest BCUT2D eigenvalue weighted by molar-refractivity contribution is 0.721. The van der Waals surface area contributed by atoms with Gasteiger partial charge in [-0.2, -0.15) is 0 Å². The maximum absolute atomic E-state index is 6.94. The average Bonchev–Trinajstić information content (AvgIpc) is 2.85. The Labute approximate surface area is 83.8 Å². The number of hydrogen-bond acceptors (Lipinski definition) is 1. The highest BCUT2D eigenvalue weighted by Gasteiger charge is 2.29. The van der Waals surface area contributed by atoms with Gasteiger partial charge in [0.15, 0.2) is 5.70 Å². The van der Waals surface area contributed by atoms with E-state index in [2.05, 4.69) is 14.7 Å². The number of allylic oxidation sites excluding steroid dienone is 1. The second-order valence-corrected chi connectivity index (χ2v) is 3.76. The summed E-state index contributed by atoms with van der Waals surface area (Å²) < 4.78 is 0. The first kappa shape index (κ1) is 8.97. The largest absolute Gasteiger partial charge is 0.372 e. The van der Waals surface area contributed by atoms with Crippen LogP contribution < -0.4 is 0 Å². The Balaban J connectivity index is 2.15. The van der Waals surface area contributed by atoms with Crippen molar-refractivity contribution in [1.29, 1.82) is 0 Å². The van der Waals surface area contributed by atoms with Crippen LogP contribution in [0.1, 0.15) is 32.1 Å². The molecule has 1 heterocycles. The van der Waals surface area contributed by atoms with Crippen molar-refractivity contribution in [1.82, 2.24) is 0 Å². The van der Waals surface area contributed by atoms with Crippen LogP contribution in [-0.2, 0) is 0 Å². The molecule has 0 spiro atoms. The van der Waals surface area contributed by atoms with Gasteiger partial charge in [0.2, 0.25) is 0 Å². The third kappa shape index (κ3) is 1.42. The van der Waals surface area contributed by atoms with Crippen LogP contribution in [0.25, 0.3) is 9.69 Å². The van der Waals surface area contributed by atoms with Crippen molar-refractivity contribution in [3.63, 3.8) is 0 Å². The van der Waals surface area contributed by atoms with E-state index in [1.165, 1.54) is 25.7 Å². The lowest BCUT2D eigenvalue weighted by Crippen LogP contribution is -2.08. The van der Waals surface area contributed by atoms with E-state index in [1.54, 1.807) is 0 Å². The van der Waals surface area contributed by atoms with Crippen LogP contribution in [0.5, 0.6) is 0 Å². The van der Waals surface area contributed by atoms with Crippen molar-refractivity contribution in [3.05, 3.63) is 34.4 Å². The molecule has 3 nitrogen and oxygen atoms in total. The highest BCUT2D eigenvalue weighted by molar-refractivity contribution is 5.92. The Morgan fingerprint density at radius 2 is 1.86 bits per heavy atom. The van der Waals surface area contributed by atoms with Gasteiger partial charge in [-0.15, -0.1) is 4.99 Å². The van der Waals surface area contributed by atoms with Crippen LogP contribution in [0.15, 0.2) is 16.5 Å². The number of aliphatic imine (C=N–C) groups is 1. The molecule has 0 bridgehead atoms. The van der Waals surface area contributed by atoms with E-state index < -0.39 is 0 Å². The molecule has 0 N–H and O–H groups in total. The minimum atomic E-state index is 0.335. The highest BCUT2D eigenvalue weighted by atomic mass is 15.0. The molecule has 3 heteroatoms. The lowest BCUT2D eigenvalue weighted by atomic mass is 9.99. The van der Waals surface area contributed by atoms with Gasteiger partial charge in [-0.1, -0.05) is 19.4 Å². The molecule has 2 rings (SSSR count). The number of rotatable bonds is 1. The molecule has 0 unspecified atom stereocenters. The Hall–Kier alpha value is -1.61. The summed E-state index contributed by atoms with van der Waals surface area (Å²) in [5.41, 5.74) is 1.63. The van der Waals surface area contributed by atoms with Gasteiger partial charge >= 0.3 is 0 Å². The molecule has 1 saturated carbocycles. The van der Waals surface area contributed by atoms with Gasteiger partial charge in [-0.05, 0) is 12.8 Å². The van der Waals surface area contributed by atoms with Crippen molar-refractivity contribution >= 4 is 5.71 Å². The van der Waals surface area contributed by atoms with Gasteiger partial charge in [0.1, 0.15) is 5.71 Å². The summed E-state index contributed by atoms with van der Waals surface area (Å²) in [4.78, 5) is 10.9. The van der Waals surface area contributed by atoms with Gasteiger partial charge in [-0.3, -0.25) is 4.85 Å². The van der Waals surface area contributed by atoms with Gasteiger partial charge in [-0.25, -0.2) is 0 Å². The zero-order chi connectivity index (χ0) is 9.97. The second kappa shape index (κ2) is 3.64. The lowest BCUT2D eigenvalue weighted by Gasteiger charge is -2.04. The first-order valence-electron chi connectivity index (χ1n) is 4.90. The van der Waals surface area contributed by atoms with Crippen molar-refractivity contribution in [3.8, 4) is 0 Å². The van der Waals surface area contributed by atoms with Crippen LogP contribution in [-0.4, -0.2) is 5.71 Å². The SMILES string of the molecule is [C-]#[N+]C1=C([N+]#[C-])N=C(C2CCCC2)C1. The van der Waals surface area contributed by atoms with E-state index >= 15 is 0 Å². The van der Waals surface area contributed by atoms with Crippen LogP contribution >= 0.6 is 0 Å². The van der Waals surface area contributed by atoms with Crippen molar-refractivity contribution in [2.24, 2.45) is 10.9 Å². The molecule has 0 aromatic heterocycles. The molecule has 0 saturated heterocycles. The maximum atomic E-state index is 6.94. The third-order valence-electron chi connectivity index (χ3n) is 2.92. The molecule has 1 aliphatic heterocycles. The van der Waals surface area contributed by atoms with E-state index in [0.29, 0.717) is 23.9 Å². The number of hydrogen-bond donors (Lipinski definition) is 0. The van der Waals surface area contributed by atoms with E-state index in [1.807, 2.05) is 0 Å². The van der Waals surface area contributed by atoms with E-state index in [-0.39, 0.29) is 0 Å². The fourth-order valence-electron chi connectivity index (χ4n) is 2.16. The molecular formula is C11H11N3. The van der Waals surface area contributed by atoms with Crippen LogP contribution in [0.3, 0.4) is 0 Å². The summed E-state index contributed by atoms with van der Waals surface area (Å²) in [6.07, 6.45) is 5.55. The van der Waals surface area contributed by atoms with Gasteiger partial charge in [0, 0.05) is 12.3 Å². The Bertz CT molecular complexity index is 384. The van der Waals surface area contributed by atoms with E-state index in [9.17, 15) is 0 Å². The fraction of sp³-hybridized carbons (Fsp3) is 0.545. The highest BCUT2D eigenvalue weighted by Crippen LogP contribution is 2.33. The molecule has 0 radical (unpaired) electrons. The van der Waals surface area contributed by atoms with Crippen molar-refractivity contribution < 1.29 is 0 Å². The topological polar surface area (TPSA) is 21.1 Å². The Morgan fingerprint density at radius 1 is 1.14 bits per heavy atom. The molecule has 0 aromatic rings. The predicted molar refractivity (Wildman–Crippen MR) is 54.2 cm³/mol. The fourth-order valence-corrected chi connectivity index (χ4v) is 2.16. The van der Waals surface area contributed by atoms with Gasteiger partial charge < -0.3 is 4.85 Å². The minimum absolute atomic E-state index is 0.335. The third-order valence-corrected chi connectivity index (χ3v) is 2.92. The number of nitrogens with zero attached hydrogens (tertiary/aromatic N) is 3. The van der Waals surface area contributed by atoms with Gasteiger partial charge in [0.05, 0.1) is 6.57 Å². The Kier molecular flexibility index (Phi) is 2.33. The zero-order valence-corrected chi connectivity index (χ0v) is 7.95. The summed E-state index contributed by atoms with van der Waals surface area (Å²) in [6, 6.07) is 0. The molecule has 14 heavy (non-hydrogen) atoms. The standard InChI is InChI=1S/C11H11N3/c1-12-10-7-9(14-11(10)13-2)8-5-3-4-6-8/h8H,3-7H2. The van der Waals surface area contributed by atoms with E-state index in [0.717, 1.165) is 5.71 Å². The van der Waals surface area contributed by atoms with Crippen LogP contribution in [0.2, 0.25) is 0 Å². The summed E-state index contributed by atoms with van der Waals surface area (Å²) >= 11 is 0. The maximum Gasteiger partial charge on any atom is 0.270 e. The molecule has 2 aliphatic rings. The normalized spacial score (nSPS) is 22.0. The quantitative estimate of drug-likeness (QED) is 0.560. The molecule has 1 fully saturated rings. The van der Waals surface area contributed by atoms with Crippen LogP contribution in [0, 0.1) is 19.1 Å². The van der Waals surface area contributed by atoms with Crippen molar-refractivity contribution in [2.75, 3.05) is 0 Å². The van der Waals surface area contributed by atoms with E-state index in [4.69, 9.17) is 13.1 Å². The summed E-state index contributed by atoms with van der Waals surface area (Å²) in [5, 5.41) is 0. The average molecular weight is 185 g/mol. The summed E-state index contributed by atoms with van der Waals surface area (Å²) in [7, 11) is 0. The molecule has 70 valence electrons. The van der Waals surface area contributed by atoms with Gasteiger partial charge in [0.25, 0.3) is 5.82 Å². The second-order valence-electron chi connectivity index (χ2n) is 3.76. The van der Waals surface area contributed by atoms with Crippen LogP contribution in [0.4, 0.5) is 0 Å². The molecule has 1 aliphatic carbocycles. The molecule has 0 aromatic carbocycles. The predicted octanol–water partition coefficient (Wildman–Crippen LogP) is 3.03. The van der Waals surface area contributed by atoms with Crippen molar-refractivity contribution in [2.45, 2.75) is 32.1 Å². The smallest absolute Gasteiger partial charge is 0.270 e. The first-order valence-corrected chi connectivity index (χ1v) is 4.90.